The fourth-order valence-electron chi connectivity index (χ4n) is 3.57. The van der Waals surface area contributed by atoms with Crippen LogP contribution in [0.2, 0.25) is 0 Å². The lowest BCUT2D eigenvalue weighted by Crippen LogP contribution is -2.31. The van der Waals surface area contributed by atoms with Gasteiger partial charge in [0.1, 0.15) is 5.75 Å². The van der Waals surface area contributed by atoms with Gasteiger partial charge in [0.15, 0.2) is 0 Å². The molecule has 0 aliphatic heterocycles. The maximum Gasteiger partial charge on any atom is 0.227 e. The van der Waals surface area contributed by atoms with Crippen LogP contribution in [0.3, 0.4) is 0 Å². The number of benzene rings is 2. The zero-order valence-electron chi connectivity index (χ0n) is 18.2. The Morgan fingerprint density at radius 1 is 1.03 bits per heavy atom. The van der Waals surface area contributed by atoms with Crippen molar-refractivity contribution < 1.29 is 9.53 Å². The second-order valence-electron chi connectivity index (χ2n) is 7.53. The molecule has 6 nitrogen and oxygen atoms in total. The summed E-state index contributed by atoms with van der Waals surface area (Å²) in [6.45, 7) is 2.95. The Balaban J connectivity index is 1.51. The number of hydrogen-bond acceptors (Lipinski definition) is 4. The Hall–Kier alpha value is -3.93. The second-order valence-corrected chi connectivity index (χ2v) is 7.53. The molecule has 1 N–H and O–H groups in total. The van der Waals surface area contributed by atoms with E-state index in [2.05, 4.69) is 10.3 Å². The SMILES string of the molecule is COc1ccc(-c2cc(-c3cccnc3)n(CCNC(=O)[C@H](C)c3ccccc3)n2)cc1. The Bertz CT molecular complexity index is 1160. The number of hydrogen-bond donors (Lipinski definition) is 1. The van der Waals surface area contributed by atoms with E-state index in [1.54, 1.807) is 13.3 Å². The van der Waals surface area contributed by atoms with Crippen LogP contribution in [-0.2, 0) is 11.3 Å². The van der Waals surface area contributed by atoms with Gasteiger partial charge in [-0.3, -0.25) is 14.5 Å². The summed E-state index contributed by atoms with van der Waals surface area (Å²) in [4.78, 5) is 16.9. The molecule has 1 atom stereocenters. The molecule has 0 saturated carbocycles. The summed E-state index contributed by atoms with van der Waals surface area (Å²) in [5, 5.41) is 7.85. The maximum absolute atomic E-state index is 12.6. The van der Waals surface area contributed by atoms with Crippen LogP contribution in [0, 0.1) is 0 Å². The van der Waals surface area contributed by atoms with E-state index >= 15 is 0 Å². The van der Waals surface area contributed by atoms with Gasteiger partial charge in [0.05, 0.1) is 31.0 Å². The van der Waals surface area contributed by atoms with Crippen molar-refractivity contribution in [1.82, 2.24) is 20.1 Å². The Morgan fingerprint density at radius 3 is 2.50 bits per heavy atom. The molecule has 4 rings (SSSR count). The van der Waals surface area contributed by atoms with Gasteiger partial charge >= 0.3 is 0 Å². The van der Waals surface area contributed by atoms with Crippen LogP contribution in [0.4, 0.5) is 0 Å². The fourth-order valence-corrected chi connectivity index (χ4v) is 3.57. The average Bonchev–Trinajstić information content (AvgIpc) is 3.28. The van der Waals surface area contributed by atoms with E-state index in [0.717, 1.165) is 33.8 Å². The molecule has 6 heteroatoms. The number of carbonyl (C=O) groups excluding carboxylic acids is 1. The summed E-state index contributed by atoms with van der Waals surface area (Å²) in [6, 6.07) is 23.6. The van der Waals surface area contributed by atoms with Crippen LogP contribution < -0.4 is 10.1 Å². The van der Waals surface area contributed by atoms with Crippen LogP contribution in [0.25, 0.3) is 22.5 Å². The highest BCUT2D eigenvalue weighted by Gasteiger charge is 2.16. The van der Waals surface area contributed by atoms with Crippen molar-refractivity contribution in [2.45, 2.75) is 19.4 Å². The van der Waals surface area contributed by atoms with Gasteiger partial charge < -0.3 is 10.1 Å². The fraction of sp³-hybridized carbons (Fsp3) is 0.192. The zero-order valence-corrected chi connectivity index (χ0v) is 18.2. The van der Waals surface area contributed by atoms with E-state index in [-0.39, 0.29) is 11.8 Å². The largest absolute Gasteiger partial charge is 0.497 e. The minimum absolute atomic E-state index is 0.00154. The second kappa shape index (κ2) is 9.92. The molecule has 2 heterocycles. The quantitative estimate of drug-likeness (QED) is 0.449. The van der Waals surface area contributed by atoms with Gasteiger partial charge in [-0.25, -0.2) is 0 Å². The lowest BCUT2D eigenvalue weighted by molar-refractivity contribution is -0.122. The van der Waals surface area contributed by atoms with Gasteiger partial charge in [-0.1, -0.05) is 30.3 Å². The molecular formula is C26H26N4O2. The van der Waals surface area contributed by atoms with Crippen molar-refractivity contribution in [1.29, 1.82) is 0 Å². The minimum Gasteiger partial charge on any atom is -0.497 e. The van der Waals surface area contributed by atoms with Crippen molar-refractivity contribution in [3.63, 3.8) is 0 Å². The van der Waals surface area contributed by atoms with Gasteiger partial charge in [0.25, 0.3) is 0 Å². The number of pyridine rings is 1. The van der Waals surface area contributed by atoms with Gasteiger partial charge in [0, 0.05) is 30.1 Å². The number of rotatable bonds is 8. The first-order chi connectivity index (χ1) is 15.7. The topological polar surface area (TPSA) is 69.0 Å². The lowest BCUT2D eigenvalue weighted by atomic mass is 10.0. The molecular weight excluding hydrogens is 400 g/mol. The van der Waals surface area contributed by atoms with Crippen molar-refractivity contribution >= 4 is 5.91 Å². The summed E-state index contributed by atoms with van der Waals surface area (Å²) < 4.78 is 7.18. The van der Waals surface area contributed by atoms with Gasteiger partial charge in [-0.2, -0.15) is 5.10 Å². The molecule has 4 aromatic rings. The van der Waals surface area contributed by atoms with E-state index in [9.17, 15) is 4.79 Å². The molecule has 0 bridgehead atoms. The number of aromatic nitrogens is 3. The number of carbonyl (C=O) groups is 1. The van der Waals surface area contributed by atoms with Crippen molar-refractivity contribution in [2.75, 3.05) is 13.7 Å². The Kier molecular flexibility index (Phi) is 6.60. The molecule has 0 spiro atoms. The highest BCUT2D eigenvalue weighted by Crippen LogP contribution is 2.27. The standard InChI is InChI=1S/C26H26N4O2/c1-19(20-7-4-3-5-8-20)26(31)28-15-16-30-25(22-9-6-14-27-18-22)17-24(29-30)21-10-12-23(32-2)13-11-21/h3-14,17-19H,15-16H2,1-2H3,(H,28,31)/t19-/m1/s1. The average molecular weight is 427 g/mol. The third-order valence-electron chi connectivity index (χ3n) is 5.44. The van der Waals surface area contributed by atoms with Crippen LogP contribution in [0.5, 0.6) is 5.75 Å². The van der Waals surface area contributed by atoms with Crippen molar-refractivity contribution in [3.05, 3.63) is 90.8 Å². The highest BCUT2D eigenvalue weighted by atomic mass is 16.5. The van der Waals surface area contributed by atoms with Crippen LogP contribution in [0.15, 0.2) is 85.2 Å². The monoisotopic (exact) mass is 426 g/mol. The number of amides is 1. The summed E-state index contributed by atoms with van der Waals surface area (Å²) in [6.07, 6.45) is 3.57. The molecule has 0 unspecified atom stereocenters. The smallest absolute Gasteiger partial charge is 0.227 e. The first kappa shape index (κ1) is 21.3. The third kappa shape index (κ3) is 4.86. The van der Waals surface area contributed by atoms with E-state index in [4.69, 9.17) is 9.84 Å². The lowest BCUT2D eigenvalue weighted by Gasteiger charge is -2.13. The predicted octanol–water partition coefficient (Wildman–Crippen LogP) is 4.54. The molecule has 0 fully saturated rings. The number of ether oxygens (including phenoxy) is 1. The Labute approximate surface area is 187 Å². The summed E-state index contributed by atoms with van der Waals surface area (Å²) in [7, 11) is 1.65. The van der Waals surface area contributed by atoms with Crippen LogP contribution in [0.1, 0.15) is 18.4 Å². The maximum atomic E-state index is 12.6. The van der Waals surface area contributed by atoms with Crippen LogP contribution >= 0.6 is 0 Å². The summed E-state index contributed by atoms with van der Waals surface area (Å²) in [5.41, 5.74) is 4.78. The first-order valence-electron chi connectivity index (χ1n) is 10.6. The molecule has 1 amide bonds. The van der Waals surface area contributed by atoms with E-state index in [1.807, 2.05) is 90.6 Å². The minimum atomic E-state index is -0.207. The van der Waals surface area contributed by atoms with E-state index in [1.165, 1.54) is 0 Å². The molecule has 162 valence electrons. The molecule has 32 heavy (non-hydrogen) atoms. The molecule has 0 aliphatic rings. The summed E-state index contributed by atoms with van der Waals surface area (Å²) in [5.74, 6) is 0.596. The summed E-state index contributed by atoms with van der Waals surface area (Å²) >= 11 is 0. The van der Waals surface area contributed by atoms with Gasteiger partial charge in [0.2, 0.25) is 5.91 Å². The third-order valence-corrected chi connectivity index (χ3v) is 5.44. The van der Waals surface area contributed by atoms with Gasteiger partial charge in [-0.05, 0) is 55.0 Å². The van der Waals surface area contributed by atoms with E-state index < -0.39 is 0 Å². The van der Waals surface area contributed by atoms with Crippen molar-refractivity contribution in [2.24, 2.45) is 0 Å². The molecule has 0 aliphatic carbocycles. The molecule has 0 radical (unpaired) electrons. The first-order valence-corrected chi connectivity index (χ1v) is 10.6. The zero-order chi connectivity index (χ0) is 22.3. The highest BCUT2D eigenvalue weighted by molar-refractivity contribution is 5.83. The normalized spacial score (nSPS) is 11.7. The predicted molar refractivity (Wildman–Crippen MR) is 125 cm³/mol. The molecule has 2 aromatic carbocycles. The molecule has 0 saturated heterocycles. The van der Waals surface area contributed by atoms with Crippen molar-refractivity contribution in [3.8, 4) is 28.3 Å². The number of nitrogens with one attached hydrogen (secondary N) is 1. The van der Waals surface area contributed by atoms with Crippen LogP contribution in [-0.4, -0.2) is 34.3 Å². The number of methoxy groups -OCH3 is 1. The number of nitrogens with zero attached hydrogens (tertiary/aromatic N) is 3. The van der Waals surface area contributed by atoms with Gasteiger partial charge in [-0.15, -0.1) is 0 Å². The molecule has 2 aromatic heterocycles. The Morgan fingerprint density at radius 2 is 1.81 bits per heavy atom. The van der Waals surface area contributed by atoms with E-state index in [0.29, 0.717) is 13.1 Å².